The number of carbonyl (C=O) groups excluding carboxylic acids is 1. The summed E-state index contributed by atoms with van der Waals surface area (Å²) in [5.41, 5.74) is 1.98. The van der Waals surface area contributed by atoms with Gasteiger partial charge in [-0.05, 0) is 18.2 Å². The van der Waals surface area contributed by atoms with Gasteiger partial charge < -0.3 is 14.8 Å². The van der Waals surface area contributed by atoms with Crippen LogP contribution >= 0.6 is 0 Å². The van der Waals surface area contributed by atoms with Gasteiger partial charge in [-0.3, -0.25) is 4.79 Å². The summed E-state index contributed by atoms with van der Waals surface area (Å²) < 4.78 is 0. The Bertz CT molecular complexity index is 528. The van der Waals surface area contributed by atoms with Crippen LogP contribution in [0.5, 0.6) is 0 Å². The SMILES string of the molecule is O=C(c1cc[nH]c1)N1CCN(c2ccccc2)CC1. The van der Waals surface area contributed by atoms with Gasteiger partial charge in [-0.25, -0.2) is 0 Å². The summed E-state index contributed by atoms with van der Waals surface area (Å²) in [6.07, 6.45) is 3.54. The number of nitrogens with one attached hydrogen (secondary N) is 1. The zero-order chi connectivity index (χ0) is 13.1. The van der Waals surface area contributed by atoms with Crippen molar-refractivity contribution in [3.05, 3.63) is 54.4 Å². The van der Waals surface area contributed by atoms with Crippen LogP contribution in [0.2, 0.25) is 0 Å². The predicted molar refractivity (Wildman–Crippen MR) is 75.4 cm³/mol. The number of aromatic amines is 1. The molecule has 0 spiro atoms. The minimum atomic E-state index is 0.119. The third kappa shape index (κ3) is 2.47. The molecule has 1 saturated heterocycles. The van der Waals surface area contributed by atoms with E-state index >= 15 is 0 Å². The number of aromatic nitrogens is 1. The quantitative estimate of drug-likeness (QED) is 0.891. The molecule has 1 aromatic heterocycles. The first-order chi connectivity index (χ1) is 9.34. The second-order valence-electron chi connectivity index (χ2n) is 4.71. The second-order valence-corrected chi connectivity index (χ2v) is 4.71. The fraction of sp³-hybridized carbons (Fsp3) is 0.267. The molecule has 0 saturated carbocycles. The summed E-state index contributed by atoms with van der Waals surface area (Å²) in [5.74, 6) is 0.119. The first-order valence-electron chi connectivity index (χ1n) is 6.56. The van der Waals surface area contributed by atoms with Gasteiger partial charge in [-0.1, -0.05) is 18.2 Å². The molecule has 1 aliphatic rings. The molecular weight excluding hydrogens is 238 g/mol. The molecule has 1 amide bonds. The van der Waals surface area contributed by atoms with Crippen LogP contribution in [0.15, 0.2) is 48.8 Å². The van der Waals surface area contributed by atoms with Crippen LogP contribution in [0.3, 0.4) is 0 Å². The fourth-order valence-electron chi connectivity index (χ4n) is 2.45. The molecule has 2 heterocycles. The fourth-order valence-corrected chi connectivity index (χ4v) is 2.45. The van der Waals surface area contributed by atoms with Gasteiger partial charge in [0.1, 0.15) is 0 Å². The van der Waals surface area contributed by atoms with Crippen molar-refractivity contribution in [1.82, 2.24) is 9.88 Å². The lowest BCUT2D eigenvalue weighted by atomic mass is 10.2. The molecule has 4 heteroatoms. The third-order valence-electron chi connectivity index (χ3n) is 3.53. The summed E-state index contributed by atoms with van der Waals surface area (Å²) in [7, 11) is 0. The number of anilines is 1. The van der Waals surface area contributed by atoms with E-state index in [9.17, 15) is 4.79 Å². The van der Waals surface area contributed by atoms with Crippen LogP contribution in [0, 0.1) is 0 Å². The Hall–Kier alpha value is -2.23. The Balaban J connectivity index is 1.62. The van der Waals surface area contributed by atoms with Gasteiger partial charge in [0.15, 0.2) is 0 Å². The van der Waals surface area contributed by atoms with Crippen LogP contribution in [0.4, 0.5) is 5.69 Å². The number of amides is 1. The zero-order valence-electron chi connectivity index (χ0n) is 10.7. The molecule has 98 valence electrons. The number of benzene rings is 1. The molecule has 0 aliphatic carbocycles. The molecule has 2 aromatic rings. The normalized spacial score (nSPS) is 15.6. The number of carbonyl (C=O) groups is 1. The molecule has 3 rings (SSSR count). The summed E-state index contributed by atoms with van der Waals surface area (Å²) in [6.45, 7) is 3.33. The molecular formula is C15H17N3O. The van der Waals surface area contributed by atoms with Crippen LogP contribution in [0.1, 0.15) is 10.4 Å². The Morgan fingerprint density at radius 2 is 1.74 bits per heavy atom. The highest BCUT2D eigenvalue weighted by Crippen LogP contribution is 2.16. The zero-order valence-corrected chi connectivity index (χ0v) is 10.7. The van der Waals surface area contributed by atoms with Gasteiger partial charge in [0, 0.05) is 44.3 Å². The topological polar surface area (TPSA) is 39.3 Å². The lowest BCUT2D eigenvalue weighted by Gasteiger charge is -2.36. The van der Waals surface area contributed by atoms with E-state index in [1.807, 2.05) is 29.2 Å². The number of piperazine rings is 1. The second kappa shape index (κ2) is 5.18. The summed E-state index contributed by atoms with van der Waals surface area (Å²) in [6, 6.07) is 12.2. The average molecular weight is 255 g/mol. The highest BCUT2D eigenvalue weighted by molar-refractivity contribution is 5.94. The molecule has 0 unspecified atom stereocenters. The van der Waals surface area contributed by atoms with Crippen molar-refractivity contribution in [3.63, 3.8) is 0 Å². The van der Waals surface area contributed by atoms with Crippen molar-refractivity contribution < 1.29 is 4.79 Å². The van der Waals surface area contributed by atoms with Crippen molar-refractivity contribution in [2.75, 3.05) is 31.1 Å². The van der Waals surface area contributed by atoms with E-state index in [0.717, 1.165) is 31.7 Å². The standard InChI is InChI=1S/C15H17N3O/c19-15(13-6-7-16-12-13)18-10-8-17(9-11-18)14-4-2-1-3-5-14/h1-7,12,16H,8-11H2. The van der Waals surface area contributed by atoms with E-state index < -0.39 is 0 Å². The summed E-state index contributed by atoms with van der Waals surface area (Å²) >= 11 is 0. The van der Waals surface area contributed by atoms with Gasteiger partial charge >= 0.3 is 0 Å². The van der Waals surface area contributed by atoms with Crippen molar-refractivity contribution >= 4 is 11.6 Å². The maximum absolute atomic E-state index is 12.2. The smallest absolute Gasteiger partial charge is 0.255 e. The maximum atomic E-state index is 12.2. The largest absolute Gasteiger partial charge is 0.368 e. The highest BCUT2D eigenvalue weighted by atomic mass is 16.2. The van der Waals surface area contributed by atoms with Crippen molar-refractivity contribution in [2.45, 2.75) is 0 Å². The van der Waals surface area contributed by atoms with Crippen molar-refractivity contribution in [3.8, 4) is 0 Å². The predicted octanol–water partition coefficient (Wildman–Crippen LogP) is 1.98. The van der Waals surface area contributed by atoms with Gasteiger partial charge in [0.25, 0.3) is 5.91 Å². The molecule has 0 atom stereocenters. The van der Waals surface area contributed by atoms with Gasteiger partial charge in [-0.2, -0.15) is 0 Å². The Morgan fingerprint density at radius 3 is 2.37 bits per heavy atom. The van der Waals surface area contributed by atoms with Crippen LogP contribution < -0.4 is 4.90 Å². The van der Waals surface area contributed by atoms with E-state index in [4.69, 9.17) is 0 Å². The molecule has 1 fully saturated rings. The maximum Gasteiger partial charge on any atom is 0.255 e. The van der Waals surface area contributed by atoms with Crippen molar-refractivity contribution in [2.24, 2.45) is 0 Å². The highest BCUT2D eigenvalue weighted by Gasteiger charge is 2.22. The first kappa shape index (κ1) is 11.8. The minimum absolute atomic E-state index is 0.119. The number of H-pyrrole nitrogens is 1. The van der Waals surface area contributed by atoms with E-state index in [-0.39, 0.29) is 5.91 Å². The van der Waals surface area contributed by atoms with Crippen molar-refractivity contribution in [1.29, 1.82) is 0 Å². The minimum Gasteiger partial charge on any atom is -0.368 e. The lowest BCUT2D eigenvalue weighted by Crippen LogP contribution is -2.48. The Labute approximate surface area is 112 Å². The third-order valence-corrected chi connectivity index (χ3v) is 3.53. The van der Waals surface area contributed by atoms with E-state index in [0.29, 0.717) is 0 Å². The van der Waals surface area contributed by atoms with Crippen LogP contribution in [-0.2, 0) is 0 Å². The number of rotatable bonds is 2. The van der Waals surface area contributed by atoms with Gasteiger partial charge in [-0.15, -0.1) is 0 Å². The van der Waals surface area contributed by atoms with Crippen LogP contribution in [-0.4, -0.2) is 42.0 Å². The molecule has 1 aliphatic heterocycles. The lowest BCUT2D eigenvalue weighted by molar-refractivity contribution is 0.0747. The van der Waals surface area contributed by atoms with E-state index in [1.54, 1.807) is 12.4 Å². The number of nitrogens with zero attached hydrogens (tertiary/aromatic N) is 2. The Kier molecular flexibility index (Phi) is 3.23. The Morgan fingerprint density at radius 1 is 1.00 bits per heavy atom. The van der Waals surface area contributed by atoms with Gasteiger partial charge in [0.2, 0.25) is 0 Å². The summed E-state index contributed by atoms with van der Waals surface area (Å²) in [5, 5.41) is 0. The summed E-state index contributed by atoms with van der Waals surface area (Å²) in [4.78, 5) is 19.4. The monoisotopic (exact) mass is 255 g/mol. The molecule has 1 aromatic carbocycles. The van der Waals surface area contributed by atoms with E-state index in [1.165, 1.54) is 5.69 Å². The number of hydrogen-bond donors (Lipinski definition) is 1. The molecule has 0 bridgehead atoms. The average Bonchev–Trinajstić information content (AvgIpc) is 3.02. The molecule has 4 nitrogen and oxygen atoms in total. The first-order valence-corrected chi connectivity index (χ1v) is 6.56. The van der Waals surface area contributed by atoms with Crippen LogP contribution in [0.25, 0.3) is 0 Å². The molecule has 19 heavy (non-hydrogen) atoms. The number of hydrogen-bond acceptors (Lipinski definition) is 2. The number of para-hydroxylation sites is 1. The van der Waals surface area contributed by atoms with E-state index in [2.05, 4.69) is 22.0 Å². The molecule has 0 radical (unpaired) electrons. The van der Waals surface area contributed by atoms with Gasteiger partial charge in [0.05, 0.1) is 5.56 Å². The molecule has 1 N–H and O–H groups in total.